The first-order valence-electron chi connectivity index (χ1n) is 6.24. The van der Waals surface area contributed by atoms with Crippen LogP contribution in [0.5, 0.6) is 11.6 Å². The lowest BCUT2D eigenvalue weighted by Crippen LogP contribution is -2.23. The quantitative estimate of drug-likeness (QED) is 0.916. The predicted molar refractivity (Wildman–Crippen MR) is 74.9 cm³/mol. The van der Waals surface area contributed by atoms with Crippen LogP contribution in [0.1, 0.15) is 15.9 Å². The van der Waals surface area contributed by atoms with Crippen LogP contribution in [0.2, 0.25) is 0 Å². The molecule has 6 heteroatoms. The van der Waals surface area contributed by atoms with Crippen molar-refractivity contribution in [1.82, 2.24) is 10.3 Å². The molecular weight excluding hydrogens is 275 g/mol. The van der Waals surface area contributed by atoms with E-state index >= 15 is 0 Å². The number of benzene rings is 1. The first kappa shape index (κ1) is 14.8. The second kappa shape index (κ2) is 6.69. The standard InChI is InChI=1S/C15H15FN2O3/c1-20-11-4-5-12(13(16)7-11)15(19)18-9-10-3-6-14(21-2)17-8-10/h3-8H,9H2,1-2H3,(H,18,19). The van der Waals surface area contributed by atoms with Crippen LogP contribution < -0.4 is 14.8 Å². The van der Waals surface area contributed by atoms with E-state index in [1.807, 2.05) is 0 Å². The summed E-state index contributed by atoms with van der Waals surface area (Å²) in [5, 5.41) is 2.63. The maximum absolute atomic E-state index is 13.7. The van der Waals surface area contributed by atoms with Gasteiger partial charge in [0, 0.05) is 24.9 Å². The average Bonchev–Trinajstić information content (AvgIpc) is 2.52. The van der Waals surface area contributed by atoms with E-state index in [2.05, 4.69) is 10.3 Å². The van der Waals surface area contributed by atoms with E-state index in [0.717, 1.165) is 5.56 Å². The number of rotatable bonds is 5. The molecule has 5 nitrogen and oxygen atoms in total. The van der Waals surface area contributed by atoms with E-state index in [-0.39, 0.29) is 12.1 Å². The molecule has 1 aromatic heterocycles. The van der Waals surface area contributed by atoms with Crippen molar-refractivity contribution in [3.8, 4) is 11.6 Å². The molecule has 2 rings (SSSR count). The normalized spacial score (nSPS) is 10.0. The molecule has 1 amide bonds. The summed E-state index contributed by atoms with van der Waals surface area (Å²) < 4.78 is 23.6. The summed E-state index contributed by atoms with van der Waals surface area (Å²) in [6.07, 6.45) is 1.59. The van der Waals surface area contributed by atoms with Crippen molar-refractivity contribution in [2.24, 2.45) is 0 Å². The van der Waals surface area contributed by atoms with Gasteiger partial charge in [0.2, 0.25) is 5.88 Å². The summed E-state index contributed by atoms with van der Waals surface area (Å²) in [4.78, 5) is 15.9. The SMILES string of the molecule is COc1ccc(C(=O)NCc2ccc(OC)nc2)c(F)c1. The summed E-state index contributed by atoms with van der Waals surface area (Å²) in [7, 11) is 2.96. The third-order valence-corrected chi connectivity index (χ3v) is 2.88. The topological polar surface area (TPSA) is 60.5 Å². The van der Waals surface area contributed by atoms with Gasteiger partial charge in [0.25, 0.3) is 5.91 Å². The number of nitrogens with zero attached hydrogens (tertiary/aromatic N) is 1. The van der Waals surface area contributed by atoms with Crippen molar-refractivity contribution in [2.45, 2.75) is 6.54 Å². The minimum Gasteiger partial charge on any atom is -0.497 e. The number of ether oxygens (including phenoxy) is 2. The zero-order chi connectivity index (χ0) is 15.2. The fraction of sp³-hybridized carbons (Fsp3) is 0.200. The Balaban J connectivity index is 2.00. The largest absolute Gasteiger partial charge is 0.497 e. The van der Waals surface area contributed by atoms with Crippen molar-refractivity contribution in [3.63, 3.8) is 0 Å². The molecule has 0 aliphatic rings. The predicted octanol–water partition coefficient (Wildman–Crippen LogP) is 2.17. The van der Waals surface area contributed by atoms with Crippen molar-refractivity contribution < 1.29 is 18.7 Å². The van der Waals surface area contributed by atoms with Crippen LogP contribution in [0.15, 0.2) is 36.5 Å². The Morgan fingerprint density at radius 3 is 2.62 bits per heavy atom. The molecule has 0 saturated heterocycles. The van der Waals surface area contributed by atoms with Crippen LogP contribution in [-0.4, -0.2) is 25.1 Å². The fourth-order valence-electron chi connectivity index (χ4n) is 1.72. The van der Waals surface area contributed by atoms with Gasteiger partial charge in [-0.05, 0) is 17.7 Å². The van der Waals surface area contributed by atoms with Gasteiger partial charge in [-0.15, -0.1) is 0 Å². The summed E-state index contributed by atoms with van der Waals surface area (Å²) >= 11 is 0. The fourth-order valence-corrected chi connectivity index (χ4v) is 1.72. The molecule has 2 aromatic rings. The van der Waals surface area contributed by atoms with Crippen LogP contribution in [0, 0.1) is 5.82 Å². The van der Waals surface area contributed by atoms with E-state index in [1.165, 1.54) is 32.4 Å². The smallest absolute Gasteiger partial charge is 0.254 e. The lowest BCUT2D eigenvalue weighted by atomic mass is 10.2. The molecule has 0 saturated carbocycles. The van der Waals surface area contributed by atoms with E-state index in [0.29, 0.717) is 11.6 Å². The highest BCUT2D eigenvalue weighted by molar-refractivity contribution is 5.94. The molecule has 110 valence electrons. The Kier molecular flexibility index (Phi) is 4.71. The minimum atomic E-state index is -0.625. The van der Waals surface area contributed by atoms with Crippen molar-refractivity contribution in [2.75, 3.05) is 14.2 Å². The number of methoxy groups -OCH3 is 2. The van der Waals surface area contributed by atoms with Crippen LogP contribution >= 0.6 is 0 Å². The van der Waals surface area contributed by atoms with Crippen LogP contribution in [0.25, 0.3) is 0 Å². The number of hydrogen-bond donors (Lipinski definition) is 1. The van der Waals surface area contributed by atoms with E-state index in [4.69, 9.17) is 9.47 Å². The van der Waals surface area contributed by atoms with Gasteiger partial charge in [-0.2, -0.15) is 0 Å². The Labute approximate surface area is 121 Å². The molecular formula is C15H15FN2O3. The number of nitrogens with one attached hydrogen (secondary N) is 1. The summed E-state index contributed by atoms with van der Waals surface area (Å²) in [5.74, 6) is -0.264. The summed E-state index contributed by atoms with van der Waals surface area (Å²) in [6.45, 7) is 0.251. The molecule has 0 spiro atoms. The Bertz CT molecular complexity index is 629. The first-order chi connectivity index (χ1) is 10.1. The van der Waals surface area contributed by atoms with Crippen LogP contribution in [-0.2, 0) is 6.54 Å². The van der Waals surface area contributed by atoms with Gasteiger partial charge in [0.05, 0.1) is 19.8 Å². The minimum absolute atomic E-state index is 0.0303. The average molecular weight is 290 g/mol. The molecule has 0 unspecified atom stereocenters. The molecule has 0 fully saturated rings. The summed E-state index contributed by atoms with van der Waals surface area (Å²) in [5.41, 5.74) is 0.760. The summed E-state index contributed by atoms with van der Waals surface area (Å²) in [6, 6.07) is 7.55. The Morgan fingerprint density at radius 2 is 2.05 bits per heavy atom. The van der Waals surface area contributed by atoms with Gasteiger partial charge < -0.3 is 14.8 Å². The molecule has 1 aromatic carbocycles. The number of carbonyl (C=O) groups is 1. The van der Waals surface area contributed by atoms with E-state index < -0.39 is 11.7 Å². The first-order valence-corrected chi connectivity index (χ1v) is 6.24. The Morgan fingerprint density at radius 1 is 1.24 bits per heavy atom. The van der Waals surface area contributed by atoms with Gasteiger partial charge in [-0.1, -0.05) is 6.07 Å². The molecule has 0 aliphatic heterocycles. The monoisotopic (exact) mass is 290 g/mol. The zero-order valence-corrected chi connectivity index (χ0v) is 11.7. The third-order valence-electron chi connectivity index (χ3n) is 2.88. The second-order valence-electron chi connectivity index (χ2n) is 4.24. The zero-order valence-electron chi connectivity index (χ0n) is 11.7. The van der Waals surface area contributed by atoms with Gasteiger partial charge >= 0.3 is 0 Å². The van der Waals surface area contributed by atoms with Crippen molar-refractivity contribution >= 4 is 5.91 Å². The van der Waals surface area contributed by atoms with E-state index in [1.54, 1.807) is 18.3 Å². The highest BCUT2D eigenvalue weighted by Gasteiger charge is 2.12. The maximum atomic E-state index is 13.7. The Hall–Kier alpha value is -2.63. The number of amides is 1. The third kappa shape index (κ3) is 3.68. The molecule has 0 bridgehead atoms. The van der Waals surface area contributed by atoms with Crippen LogP contribution in [0.3, 0.4) is 0 Å². The van der Waals surface area contributed by atoms with Gasteiger partial charge in [-0.25, -0.2) is 9.37 Å². The lowest BCUT2D eigenvalue weighted by Gasteiger charge is -2.07. The van der Waals surface area contributed by atoms with Gasteiger partial charge in [0.15, 0.2) is 0 Å². The number of carbonyl (C=O) groups excluding carboxylic acids is 1. The van der Waals surface area contributed by atoms with E-state index in [9.17, 15) is 9.18 Å². The molecule has 1 heterocycles. The lowest BCUT2D eigenvalue weighted by molar-refractivity contribution is 0.0947. The maximum Gasteiger partial charge on any atom is 0.254 e. The molecule has 1 N–H and O–H groups in total. The van der Waals surface area contributed by atoms with Crippen LogP contribution in [0.4, 0.5) is 4.39 Å². The molecule has 0 atom stereocenters. The molecule has 0 aliphatic carbocycles. The van der Waals surface area contributed by atoms with Gasteiger partial charge in [-0.3, -0.25) is 4.79 Å². The molecule has 21 heavy (non-hydrogen) atoms. The number of halogens is 1. The van der Waals surface area contributed by atoms with Crippen molar-refractivity contribution in [1.29, 1.82) is 0 Å². The number of aromatic nitrogens is 1. The highest BCUT2D eigenvalue weighted by atomic mass is 19.1. The highest BCUT2D eigenvalue weighted by Crippen LogP contribution is 2.16. The molecule has 0 radical (unpaired) electrons. The number of pyridine rings is 1. The van der Waals surface area contributed by atoms with Crippen molar-refractivity contribution in [3.05, 3.63) is 53.5 Å². The second-order valence-corrected chi connectivity index (χ2v) is 4.24. The number of hydrogen-bond acceptors (Lipinski definition) is 4. The van der Waals surface area contributed by atoms with Gasteiger partial charge in [0.1, 0.15) is 11.6 Å².